The van der Waals surface area contributed by atoms with Gasteiger partial charge in [0.1, 0.15) is 0 Å². The molecule has 1 aromatic rings. The van der Waals surface area contributed by atoms with Crippen molar-refractivity contribution in [1.29, 1.82) is 0 Å². The maximum absolute atomic E-state index is 9.00. The average Bonchev–Trinajstić information content (AvgIpc) is 2.65. The molecule has 2 N–H and O–H groups in total. The number of aliphatic hydroxyl groups is 1. The molecule has 3 nitrogen and oxygen atoms in total. The molecule has 2 atom stereocenters. The van der Waals surface area contributed by atoms with Gasteiger partial charge in [-0.15, -0.1) is 11.3 Å². The Morgan fingerprint density at radius 2 is 2.50 bits per heavy atom. The summed E-state index contributed by atoms with van der Waals surface area (Å²) < 4.78 is 0. The third-order valence-electron chi connectivity index (χ3n) is 2.76. The number of aryl methyl sites for hydroxylation is 1. The summed E-state index contributed by atoms with van der Waals surface area (Å²) >= 11 is 1.77. The molecule has 2 rings (SSSR count). The first kappa shape index (κ1) is 10.1. The van der Waals surface area contributed by atoms with Gasteiger partial charge in [0.25, 0.3) is 0 Å². The van der Waals surface area contributed by atoms with Gasteiger partial charge < -0.3 is 10.4 Å². The molecule has 1 saturated heterocycles. The Bertz CT molecular complexity index is 292. The molecular weight excluding hydrogens is 196 g/mol. The quantitative estimate of drug-likeness (QED) is 0.780. The molecule has 0 aliphatic carbocycles. The molecule has 2 heterocycles. The van der Waals surface area contributed by atoms with Gasteiger partial charge in [-0.05, 0) is 25.7 Å². The molecule has 4 heteroatoms. The first-order valence-corrected chi connectivity index (χ1v) is 5.88. The van der Waals surface area contributed by atoms with E-state index in [1.54, 1.807) is 11.3 Å². The highest BCUT2D eigenvalue weighted by atomic mass is 32.1. The predicted molar refractivity (Wildman–Crippen MR) is 57.4 cm³/mol. The largest absolute Gasteiger partial charge is 0.396 e. The van der Waals surface area contributed by atoms with Gasteiger partial charge in [0.2, 0.25) is 0 Å². The summed E-state index contributed by atoms with van der Waals surface area (Å²) in [7, 11) is 0. The monoisotopic (exact) mass is 212 g/mol. The summed E-state index contributed by atoms with van der Waals surface area (Å²) in [6.07, 6.45) is 4.20. The fraction of sp³-hybridized carbons (Fsp3) is 0.700. The van der Waals surface area contributed by atoms with Crippen LogP contribution in [0, 0.1) is 12.8 Å². The highest BCUT2D eigenvalue weighted by Gasteiger charge is 2.22. The molecule has 78 valence electrons. The zero-order valence-electron chi connectivity index (χ0n) is 8.36. The van der Waals surface area contributed by atoms with E-state index >= 15 is 0 Å². The lowest BCUT2D eigenvalue weighted by Crippen LogP contribution is -2.34. The van der Waals surface area contributed by atoms with E-state index < -0.39 is 0 Å². The number of hydrogen-bond donors (Lipinski definition) is 2. The maximum atomic E-state index is 9.00. The lowest BCUT2D eigenvalue weighted by atomic mass is 9.95. The second kappa shape index (κ2) is 4.38. The van der Waals surface area contributed by atoms with Crippen LogP contribution >= 0.6 is 11.3 Å². The molecule has 0 spiro atoms. The SMILES string of the molecule is Cc1ncc(C2CCC(CO)CN2)s1. The van der Waals surface area contributed by atoms with Crippen molar-refractivity contribution >= 4 is 11.3 Å². The Morgan fingerprint density at radius 3 is 3.00 bits per heavy atom. The molecule has 14 heavy (non-hydrogen) atoms. The average molecular weight is 212 g/mol. The minimum atomic E-state index is 0.307. The summed E-state index contributed by atoms with van der Waals surface area (Å²) in [5.41, 5.74) is 0. The smallest absolute Gasteiger partial charge is 0.0897 e. The van der Waals surface area contributed by atoms with E-state index in [1.807, 2.05) is 13.1 Å². The summed E-state index contributed by atoms with van der Waals surface area (Å²) in [6, 6.07) is 0.462. The topological polar surface area (TPSA) is 45.2 Å². The van der Waals surface area contributed by atoms with Crippen molar-refractivity contribution in [2.45, 2.75) is 25.8 Å². The third kappa shape index (κ3) is 2.13. The van der Waals surface area contributed by atoms with E-state index in [0.29, 0.717) is 18.6 Å². The van der Waals surface area contributed by atoms with E-state index in [0.717, 1.165) is 24.4 Å². The number of aromatic nitrogens is 1. The van der Waals surface area contributed by atoms with Crippen molar-refractivity contribution in [3.8, 4) is 0 Å². The number of nitrogens with zero attached hydrogens (tertiary/aromatic N) is 1. The lowest BCUT2D eigenvalue weighted by molar-refractivity contribution is 0.184. The molecule has 0 amide bonds. The predicted octanol–water partition coefficient (Wildman–Crippen LogP) is 1.48. The van der Waals surface area contributed by atoms with Crippen molar-refractivity contribution in [3.63, 3.8) is 0 Å². The van der Waals surface area contributed by atoms with Crippen molar-refractivity contribution in [2.75, 3.05) is 13.2 Å². The molecule has 1 aromatic heterocycles. The molecule has 1 aliphatic heterocycles. The summed E-state index contributed by atoms with van der Waals surface area (Å²) in [5, 5.41) is 13.6. The van der Waals surface area contributed by atoms with Crippen LogP contribution in [-0.4, -0.2) is 23.2 Å². The minimum absolute atomic E-state index is 0.307. The number of rotatable bonds is 2. The van der Waals surface area contributed by atoms with Gasteiger partial charge in [-0.3, -0.25) is 0 Å². The number of nitrogens with one attached hydrogen (secondary N) is 1. The Labute approximate surface area is 88.2 Å². The van der Waals surface area contributed by atoms with Crippen LogP contribution in [0.2, 0.25) is 0 Å². The van der Waals surface area contributed by atoms with Gasteiger partial charge in [-0.2, -0.15) is 0 Å². The first-order valence-electron chi connectivity index (χ1n) is 5.06. The van der Waals surface area contributed by atoms with Crippen LogP contribution in [0.15, 0.2) is 6.20 Å². The normalized spacial score (nSPS) is 27.9. The molecular formula is C10H16N2OS. The van der Waals surface area contributed by atoms with E-state index in [1.165, 1.54) is 4.88 Å². The van der Waals surface area contributed by atoms with E-state index in [9.17, 15) is 0 Å². The zero-order chi connectivity index (χ0) is 9.97. The molecule has 1 aliphatic rings. The minimum Gasteiger partial charge on any atom is -0.396 e. The lowest BCUT2D eigenvalue weighted by Gasteiger charge is -2.27. The van der Waals surface area contributed by atoms with Crippen LogP contribution in [0.5, 0.6) is 0 Å². The summed E-state index contributed by atoms with van der Waals surface area (Å²) in [6.45, 7) is 3.27. The van der Waals surface area contributed by atoms with Crippen molar-refractivity contribution in [3.05, 3.63) is 16.1 Å². The maximum Gasteiger partial charge on any atom is 0.0897 e. The molecule has 2 unspecified atom stereocenters. The van der Waals surface area contributed by atoms with Crippen LogP contribution in [-0.2, 0) is 0 Å². The van der Waals surface area contributed by atoms with Crippen LogP contribution in [0.4, 0.5) is 0 Å². The highest BCUT2D eigenvalue weighted by Crippen LogP contribution is 2.28. The standard InChI is InChI=1S/C10H16N2OS/c1-7-11-5-10(14-7)9-3-2-8(6-13)4-12-9/h5,8-9,12-13H,2-4,6H2,1H3. The first-order chi connectivity index (χ1) is 6.79. The van der Waals surface area contributed by atoms with E-state index in [-0.39, 0.29) is 0 Å². The van der Waals surface area contributed by atoms with Gasteiger partial charge >= 0.3 is 0 Å². The number of aliphatic hydroxyl groups excluding tert-OH is 1. The fourth-order valence-electron chi connectivity index (χ4n) is 1.85. The molecule has 0 aromatic carbocycles. The second-order valence-electron chi connectivity index (χ2n) is 3.87. The number of thiazole rings is 1. The van der Waals surface area contributed by atoms with Gasteiger partial charge in [-0.25, -0.2) is 4.98 Å². The van der Waals surface area contributed by atoms with E-state index in [4.69, 9.17) is 5.11 Å². The molecule has 1 fully saturated rings. The van der Waals surface area contributed by atoms with Crippen LogP contribution in [0.25, 0.3) is 0 Å². The number of piperidine rings is 1. The van der Waals surface area contributed by atoms with Gasteiger partial charge in [0.15, 0.2) is 0 Å². The Hall–Kier alpha value is -0.450. The summed E-state index contributed by atoms with van der Waals surface area (Å²) in [5.74, 6) is 0.445. The molecule has 0 bridgehead atoms. The highest BCUT2D eigenvalue weighted by molar-refractivity contribution is 7.11. The third-order valence-corrected chi connectivity index (χ3v) is 3.78. The van der Waals surface area contributed by atoms with Gasteiger partial charge in [0.05, 0.1) is 5.01 Å². The fourth-order valence-corrected chi connectivity index (χ4v) is 2.75. The molecule has 0 saturated carbocycles. The van der Waals surface area contributed by atoms with Gasteiger partial charge in [-0.1, -0.05) is 0 Å². The van der Waals surface area contributed by atoms with Crippen LogP contribution in [0.3, 0.4) is 0 Å². The van der Waals surface area contributed by atoms with E-state index in [2.05, 4.69) is 10.3 Å². The zero-order valence-corrected chi connectivity index (χ0v) is 9.18. The Balaban J connectivity index is 1.95. The van der Waals surface area contributed by atoms with Crippen molar-refractivity contribution < 1.29 is 5.11 Å². The van der Waals surface area contributed by atoms with Crippen molar-refractivity contribution in [2.24, 2.45) is 5.92 Å². The molecule has 0 radical (unpaired) electrons. The summed E-state index contributed by atoms with van der Waals surface area (Å²) in [4.78, 5) is 5.59. The van der Waals surface area contributed by atoms with Crippen LogP contribution < -0.4 is 5.32 Å². The second-order valence-corrected chi connectivity index (χ2v) is 5.13. The Morgan fingerprint density at radius 1 is 1.64 bits per heavy atom. The number of hydrogen-bond acceptors (Lipinski definition) is 4. The Kier molecular flexibility index (Phi) is 3.15. The van der Waals surface area contributed by atoms with Crippen LogP contribution in [0.1, 0.15) is 28.8 Å². The van der Waals surface area contributed by atoms with Gasteiger partial charge in [0, 0.05) is 30.3 Å². The van der Waals surface area contributed by atoms with Crippen molar-refractivity contribution in [1.82, 2.24) is 10.3 Å².